The molecule has 3 amide bonds. The number of allylic oxidation sites excluding steroid dienone is 1. The number of amidine groups is 1. The van der Waals surface area contributed by atoms with Gasteiger partial charge < -0.3 is 4.74 Å². The lowest BCUT2D eigenvalue weighted by atomic mass is 10.2. The molecule has 156 valence electrons. The van der Waals surface area contributed by atoms with Crippen LogP contribution in [0.2, 0.25) is 0 Å². The van der Waals surface area contributed by atoms with Gasteiger partial charge in [0, 0.05) is 20.6 Å². The highest BCUT2D eigenvalue weighted by molar-refractivity contribution is 7.99. The molecule has 1 saturated heterocycles. The molecule has 2 atom stereocenters. The van der Waals surface area contributed by atoms with E-state index >= 15 is 0 Å². The zero-order chi connectivity index (χ0) is 21.3. The quantitative estimate of drug-likeness (QED) is 0.664. The number of nitrogens with zero attached hydrogens (tertiary/aromatic N) is 6. The van der Waals surface area contributed by atoms with Crippen molar-refractivity contribution in [1.82, 2.24) is 29.9 Å². The van der Waals surface area contributed by atoms with Crippen molar-refractivity contribution in [2.24, 2.45) is 4.99 Å². The summed E-state index contributed by atoms with van der Waals surface area (Å²) in [7, 11) is 3.06. The number of rotatable bonds is 7. The molecule has 0 saturated carbocycles. The van der Waals surface area contributed by atoms with Gasteiger partial charge in [0.05, 0.1) is 0 Å². The molecule has 0 spiro atoms. The molecule has 10 nitrogen and oxygen atoms in total. The summed E-state index contributed by atoms with van der Waals surface area (Å²) in [4.78, 5) is 31.5. The molecule has 0 unspecified atom stereocenters. The van der Waals surface area contributed by atoms with Crippen molar-refractivity contribution in [2.45, 2.75) is 29.8 Å². The molecule has 11 heteroatoms. The third-order valence-electron chi connectivity index (χ3n) is 4.75. The predicted octanol–water partition coefficient (Wildman–Crippen LogP) is 1.31. The fraction of sp³-hybridized carbons (Fsp3) is 0.316. The Balaban J connectivity index is 1.50. The van der Waals surface area contributed by atoms with Crippen LogP contribution in [0.15, 0.2) is 53.1 Å². The standard InChI is InChI=1S/C19H21N7O3S/c1-4-10-26-13(11-29-12-8-6-5-7-9-12)22-23-18(26)30-17-20-14-15(21-17)24(2)19(28)25(3)16(14)27/h4-9,14,17,20H,1,10-11H2,2-3H3/t14-,17-/m0/s1. The van der Waals surface area contributed by atoms with Crippen LogP contribution >= 0.6 is 11.8 Å². The van der Waals surface area contributed by atoms with E-state index in [0.29, 0.717) is 23.4 Å². The van der Waals surface area contributed by atoms with E-state index in [0.717, 1.165) is 10.6 Å². The van der Waals surface area contributed by atoms with E-state index in [9.17, 15) is 9.59 Å². The maximum Gasteiger partial charge on any atom is 0.331 e. The van der Waals surface area contributed by atoms with E-state index in [1.807, 2.05) is 34.9 Å². The zero-order valence-electron chi connectivity index (χ0n) is 16.6. The van der Waals surface area contributed by atoms with E-state index in [1.54, 1.807) is 13.1 Å². The molecule has 1 aromatic carbocycles. The first-order valence-electron chi connectivity index (χ1n) is 9.26. The van der Waals surface area contributed by atoms with Gasteiger partial charge in [0.15, 0.2) is 16.5 Å². The third kappa shape index (κ3) is 3.68. The van der Waals surface area contributed by atoms with E-state index < -0.39 is 17.6 Å². The lowest BCUT2D eigenvalue weighted by Crippen LogP contribution is -2.61. The second-order valence-electron chi connectivity index (χ2n) is 6.70. The molecule has 1 aromatic heterocycles. The van der Waals surface area contributed by atoms with Crippen LogP contribution in [0, 0.1) is 0 Å². The number of aliphatic imine (C=N–C) groups is 1. The number of carbonyl (C=O) groups is 2. The fourth-order valence-electron chi connectivity index (χ4n) is 3.17. The van der Waals surface area contributed by atoms with E-state index in [-0.39, 0.29) is 12.5 Å². The topological polar surface area (TPSA) is 105 Å². The van der Waals surface area contributed by atoms with Gasteiger partial charge in [-0.25, -0.2) is 9.79 Å². The highest BCUT2D eigenvalue weighted by atomic mass is 32.2. The summed E-state index contributed by atoms with van der Waals surface area (Å²) in [5.41, 5.74) is -0.480. The minimum atomic E-state index is -0.660. The Labute approximate surface area is 177 Å². The summed E-state index contributed by atoms with van der Waals surface area (Å²) in [5, 5.41) is 12.3. The van der Waals surface area contributed by atoms with Gasteiger partial charge in [0.25, 0.3) is 5.91 Å². The highest BCUT2D eigenvalue weighted by Crippen LogP contribution is 2.28. The average molecular weight is 427 g/mol. The molecule has 0 aliphatic carbocycles. The number of hydrogen-bond donors (Lipinski definition) is 1. The summed E-state index contributed by atoms with van der Waals surface area (Å²) in [6.07, 6.45) is 1.75. The number of thioether (sulfide) groups is 1. The molecule has 0 bridgehead atoms. The monoisotopic (exact) mass is 427 g/mol. The molecular weight excluding hydrogens is 406 g/mol. The second-order valence-corrected chi connectivity index (χ2v) is 7.74. The first-order valence-corrected chi connectivity index (χ1v) is 10.1. The fourth-order valence-corrected chi connectivity index (χ4v) is 4.13. The molecule has 2 aliphatic heterocycles. The van der Waals surface area contributed by atoms with Crippen molar-refractivity contribution in [1.29, 1.82) is 0 Å². The van der Waals surface area contributed by atoms with Gasteiger partial charge in [-0.15, -0.1) is 16.8 Å². The van der Waals surface area contributed by atoms with Crippen LogP contribution in [0.5, 0.6) is 5.75 Å². The Morgan fingerprint density at radius 3 is 2.70 bits per heavy atom. The molecule has 30 heavy (non-hydrogen) atoms. The molecule has 2 aromatic rings. The zero-order valence-corrected chi connectivity index (χ0v) is 17.4. The molecule has 4 rings (SSSR count). The lowest BCUT2D eigenvalue weighted by molar-refractivity contribution is -0.128. The van der Waals surface area contributed by atoms with Crippen LogP contribution in [0.3, 0.4) is 0 Å². The molecule has 3 heterocycles. The summed E-state index contributed by atoms with van der Waals surface area (Å²) < 4.78 is 7.67. The van der Waals surface area contributed by atoms with E-state index in [4.69, 9.17) is 4.74 Å². The van der Waals surface area contributed by atoms with Crippen molar-refractivity contribution < 1.29 is 14.3 Å². The molecule has 1 N–H and O–H groups in total. The van der Waals surface area contributed by atoms with Crippen molar-refractivity contribution in [3.8, 4) is 5.75 Å². The number of nitrogens with one attached hydrogen (secondary N) is 1. The van der Waals surface area contributed by atoms with Crippen LogP contribution < -0.4 is 10.1 Å². The van der Waals surface area contributed by atoms with Gasteiger partial charge in [-0.1, -0.05) is 24.3 Å². The number of carbonyl (C=O) groups excluding carboxylic acids is 2. The minimum absolute atomic E-state index is 0.251. The number of amides is 3. The molecule has 1 fully saturated rings. The normalized spacial score (nSPS) is 20.9. The largest absolute Gasteiger partial charge is 0.486 e. The van der Waals surface area contributed by atoms with Gasteiger partial charge in [0.1, 0.15) is 24.2 Å². The van der Waals surface area contributed by atoms with Crippen molar-refractivity contribution in [3.05, 3.63) is 48.8 Å². The van der Waals surface area contributed by atoms with Crippen LogP contribution in [0.1, 0.15) is 5.82 Å². The number of likely N-dealkylation sites (N-methyl/N-ethyl adjacent to an activating group) is 2. The number of imide groups is 1. The number of ether oxygens (including phenoxy) is 1. The summed E-state index contributed by atoms with van der Waals surface area (Å²) in [5.74, 6) is 1.46. The number of fused-ring (bicyclic) bond motifs is 1. The third-order valence-corrected chi connectivity index (χ3v) is 5.72. The van der Waals surface area contributed by atoms with Gasteiger partial charge in [0.2, 0.25) is 0 Å². The van der Waals surface area contributed by atoms with Crippen molar-refractivity contribution in [3.63, 3.8) is 0 Å². The first-order chi connectivity index (χ1) is 14.5. The second kappa shape index (κ2) is 8.28. The van der Waals surface area contributed by atoms with Crippen LogP contribution in [-0.2, 0) is 17.9 Å². The predicted molar refractivity (Wildman–Crippen MR) is 111 cm³/mol. The average Bonchev–Trinajstić information content (AvgIpc) is 3.35. The maximum atomic E-state index is 12.4. The summed E-state index contributed by atoms with van der Waals surface area (Å²) in [6.45, 7) is 4.55. The van der Waals surface area contributed by atoms with Gasteiger partial charge in [-0.3, -0.25) is 24.5 Å². The van der Waals surface area contributed by atoms with Crippen LogP contribution in [-0.4, -0.2) is 68.0 Å². The molecule has 2 aliphatic rings. The number of benzene rings is 1. The van der Waals surface area contributed by atoms with Crippen molar-refractivity contribution in [2.75, 3.05) is 14.1 Å². The number of urea groups is 1. The number of para-hydroxylation sites is 1. The van der Waals surface area contributed by atoms with Gasteiger partial charge >= 0.3 is 6.03 Å². The first kappa shape index (κ1) is 20.1. The lowest BCUT2D eigenvalue weighted by Gasteiger charge is -2.32. The van der Waals surface area contributed by atoms with Gasteiger partial charge in [-0.05, 0) is 23.9 Å². The SMILES string of the molecule is C=CCn1c(COc2ccccc2)nnc1S[C@@H]1N=C2[C@H](N1)C(=O)N(C)C(=O)N2C. The Bertz CT molecular complexity index is 1010. The van der Waals surface area contributed by atoms with E-state index in [2.05, 4.69) is 27.1 Å². The van der Waals surface area contributed by atoms with Gasteiger partial charge in [-0.2, -0.15) is 0 Å². The highest BCUT2D eigenvalue weighted by Gasteiger charge is 2.45. The number of hydrogen-bond acceptors (Lipinski definition) is 8. The smallest absolute Gasteiger partial charge is 0.331 e. The Morgan fingerprint density at radius 1 is 1.20 bits per heavy atom. The Morgan fingerprint density at radius 2 is 1.97 bits per heavy atom. The summed E-state index contributed by atoms with van der Waals surface area (Å²) >= 11 is 1.31. The van der Waals surface area contributed by atoms with Crippen molar-refractivity contribution >= 4 is 29.5 Å². The Hall–Kier alpha value is -3.18. The van der Waals surface area contributed by atoms with Crippen LogP contribution in [0.25, 0.3) is 0 Å². The minimum Gasteiger partial charge on any atom is -0.486 e. The molecule has 0 radical (unpaired) electrons. The van der Waals surface area contributed by atoms with Crippen LogP contribution in [0.4, 0.5) is 4.79 Å². The summed E-state index contributed by atoms with van der Waals surface area (Å²) in [6, 6.07) is 8.39. The van der Waals surface area contributed by atoms with E-state index in [1.165, 1.54) is 23.7 Å². The maximum absolute atomic E-state index is 12.4. The number of aromatic nitrogens is 3. The molecular formula is C19H21N7O3S. The Kier molecular flexibility index (Phi) is 5.55.